The molecule has 3 nitrogen and oxygen atoms in total. The second-order valence-electron chi connectivity index (χ2n) is 3.47. The fourth-order valence-electron chi connectivity index (χ4n) is 1.48. The average Bonchev–Trinajstić information content (AvgIpc) is 2.14. The van der Waals surface area contributed by atoms with E-state index in [0.29, 0.717) is 0 Å². The summed E-state index contributed by atoms with van der Waals surface area (Å²) in [5.74, 6) is -2.20. The Labute approximate surface area is 94.9 Å². The lowest BCUT2D eigenvalue weighted by Crippen LogP contribution is -2.13. The molecule has 0 bridgehead atoms. The van der Waals surface area contributed by atoms with E-state index >= 15 is 0 Å². The molecule has 0 aliphatic rings. The van der Waals surface area contributed by atoms with Gasteiger partial charge in [0.05, 0.1) is 5.56 Å². The lowest BCUT2D eigenvalue weighted by atomic mass is 9.97. The van der Waals surface area contributed by atoms with Crippen LogP contribution in [0.2, 0.25) is 0 Å². The predicted molar refractivity (Wildman–Crippen MR) is 52.8 cm³/mol. The third-order valence-corrected chi connectivity index (χ3v) is 2.25. The minimum Gasteiger partial charge on any atom is -0.481 e. The number of carbonyl (C=O) groups is 2. The van der Waals surface area contributed by atoms with Crippen molar-refractivity contribution in [2.45, 2.75) is 19.5 Å². The van der Waals surface area contributed by atoms with Crippen molar-refractivity contribution in [2.75, 3.05) is 0 Å². The Balaban J connectivity index is 3.20. The number of ketones is 1. The third kappa shape index (κ3) is 3.05. The van der Waals surface area contributed by atoms with Crippen LogP contribution < -0.4 is 0 Å². The Morgan fingerprint density at radius 2 is 1.88 bits per heavy atom. The van der Waals surface area contributed by atoms with Crippen LogP contribution in [0.3, 0.4) is 0 Å². The van der Waals surface area contributed by atoms with Crippen molar-refractivity contribution in [3.63, 3.8) is 0 Å². The van der Waals surface area contributed by atoms with E-state index in [0.717, 1.165) is 19.1 Å². The first-order valence-corrected chi connectivity index (χ1v) is 4.65. The van der Waals surface area contributed by atoms with Gasteiger partial charge in [-0.3, -0.25) is 9.59 Å². The summed E-state index contributed by atoms with van der Waals surface area (Å²) in [7, 11) is 0. The second kappa shape index (κ2) is 4.57. The van der Waals surface area contributed by atoms with Crippen LogP contribution in [0.4, 0.5) is 13.2 Å². The van der Waals surface area contributed by atoms with E-state index in [9.17, 15) is 22.8 Å². The predicted octanol–water partition coefficient (Wildman–Crippen LogP) is 2.67. The standard InChI is InChI=1S/C11H9F3O3/c1-6-7(9(15)5-10(16)17)3-2-4-8(6)11(12,13)14/h2-4H,5H2,1H3,(H,16,17). The molecule has 0 saturated carbocycles. The molecular formula is C11H9F3O3. The molecule has 0 unspecified atom stereocenters. The van der Waals surface area contributed by atoms with Gasteiger partial charge < -0.3 is 5.11 Å². The number of hydrogen-bond acceptors (Lipinski definition) is 2. The van der Waals surface area contributed by atoms with E-state index in [-0.39, 0.29) is 11.1 Å². The zero-order valence-electron chi connectivity index (χ0n) is 8.84. The summed E-state index contributed by atoms with van der Waals surface area (Å²) < 4.78 is 37.6. The van der Waals surface area contributed by atoms with E-state index < -0.39 is 29.9 Å². The average molecular weight is 246 g/mol. The maximum absolute atomic E-state index is 12.5. The van der Waals surface area contributed by atoms with E-state index in [4.69, 9.17) is 5.11 Å². The number of carboxylic acid groups (broad SMARTS) is 1. The van der Waals surface area contributed by atoms with E-state index in [1.165, 1.54) is 6.07 Å². The Bertz CT molecular complexity index is 464. The molecule has 0 amide bonds. The Kier molecular flexibility index (Phi) is 3.55. The Morgan fingerprint density at radius 3 is 2.35 bits per heavy atom. The van der Waals surface area contributed by atoms with Crippen LogP contribution in [0.5, 0.6) is 0 Å². The van der Waals surface area contributed by atoms with Gasteiger partial charge >= 0.3 is 12.1 Å². The second-order valence-corrected chi connectivity index (χ2v) is 3.47. The summed E-state index contributed by atoms with van der Waals surface area (Å²) in [6.45, 7) is 1.15. The summed E-state index contributed by atoms with van der Waals surface area (Å²) in [5.41, 5.74) is -1.37. The maximum Gasteiger partial charge on any atom is 0.416 e. The number of rotatable bonds is 3. The first-order chi connectivity index (χ1) is 7.73. The molecule has 0 heterocycles. The highest BCUT2D eigenvalue weighted by Gasteiger charge is 2.33. The van der Waals surface area contributed by atoms with Crippen LogP contribution >= 0.6 is 0 Å². The van der Waals surface area contributed by atoms with Gasteiger partial charge in [-0.05, 0) is 18.6 Å². The SMILES string of the molecule is Cc1c(C(=O)CC(=O)O)cccc1C(F)(F)F. The van der Waals surface area contributed by atoms with Crippen LogP contribution in [-0.2, 0) is 11.0 Å². The molecule has 92 valence electrons. The van der Waals surface area contributed by atoms with Gasteiger partial charge in [0.25, 0.3) is 0 Å². The number of halogens is 3. The summed E-state index contributed by atoms with van der Waals surface area (Å²) in [5, 5.41) is 8.42. The van der Waals surface area contributed by atoms with E-state index in [2.05, 4.69) is 0 Å². The number of carboxylic acids is 1. The van der Waals surface area contributed by atoms with Crippen LogP contribution in [0.15, 0.2) is 18.2 Å². The largest absolute Gasteiger partial charge is 0.481 e. The first kappa shape index (κ1) is 13.2. The molecule has 0 saturated heterocycles. The van der Waals surface area contributed by atoms with Gasteiger partial charge in [0.2, 0.25) is 0 Å². The highest BCUT2D eigenvalue weighted by Crippen LogP contribution is 2.33. The van der Waals surface area contributed by atoms with Gasteiger partial charge in [0, 0.05) is 5.56 Å². The van der Waals surface area contributed by atoms with Gasteiger partial charge in [-0.15, -0.1) is 0 Å². The van der Waals surface area contributed by atoms with E-state index in [1.807, 2.05) is 0 Å². The zero-order valence-corrected chi connectivity index (χ0v) is 8.84. The number of Topliss-reactive ketones (excluding diaryl/α,β-unsaturated/α-hetero) is 1. The zero-order chi connectivity index (χ0) is 13.2. The third-order valence-electron chi connectivity index (χ3n) is 2.25. The fraction of sp³-hybridized carbons (Fsp3) is 0.273. The smallest absolute Gasteiger partial charge is 0.416 e. The highest BCUT2D eigenvalue weighted by atomic mass is 19.4. The minimum atomic E-state index is -4.55. The molecule has 1 rings (SSSR count). The lowest BCUT2D eigenvalue weighted by Gasteiger charge is -2.12. The van der Waals surface area contributed by atoms with Gasteiger partial charge in [-0.2, -0.15) is 13.2 Å². The first-order valence-electron chi connectivity index (χ1n) is 4.65. The monoisotopic (exact) mass is 246 g/mol. The molecule has 1 aromatic carbocycles. The van der Waals surface area contributed by atoms with Gasteiger partial charge in [-0.1, -0.05) is 12.1 Å². The minimum absolute atomic E-state index is 0.206. The van der Waals surface area contributed by atoms with Crippen LogP contribution in [0.1, 0.15) is 27.9 Å². The van der Waals surface area contributed by atoms with Crippen molar-refractivity contribution < 1.29 is 27.9 Å². The molecular weight excluding hydrogens is 237 g/mol. The van der Waals surface area contributed by atoms with E-state index in [1.54, 1.807) is 0 Å². The molecule has 1 aromatic rings. The van der Waals surface area contributed by atoms with Crippen LogP contribution in [0.25, 0.3) is 0 Å². The molecule has 0 aliphatic carbocycles. The van der Waals surface area contributed by atoms with Crippen molar-refractivity contribution in [1.29, 1.82) is 0 Å². The Morgan fingerprint density at radius 1 is 1.29 bits per heavy atom. The van der Waals surface area contributed by atoms with Crippen molar-refractivity contribution >= 4 is 11.8 Å². The number of aliphatic carboxylic acids is 1. The van der Waals surface area contributed by atoms with Crippen LogP contribution in [0, 0.1) is 6.92 Å². The normalized spacial score (nSPS) is 11.3. The molecule has 0 aromatic heterocycles. The van der Waals surface area contributed by atoms with Gasteiger partial charge in [-0.25, -0.2) is 0 Å². The summed E-state index contributed by atoms with van der Waals surface area (Å²) in [6, 6.07) is 3.13. The Hall–Kier alpha value is -1.85. The van der Waals surface area contributed by atoms with Crippen molar-refractivity contribution in [2.24, 2.45) is 0 Å². The molecule has 0 radical (unpaired) electrons. The quantitative estimate of drug-likeness (QED) is 0.659. The van der Waals surface area contributed by atoms with Gasteiger partial charge in [0.1, 0.15) is 6.42 Å². The topological polar surface area (TPSA) is 54.4 Å². The lowest BCUT2D eigenvalue weighted by molar-refractivity contribution is -0.138. The van der Waals surface area contributed by atoms with Crippen molar-refractivity contribution in [1.82, 2.24) is 0 Å². The van der Waals surface area contributed by atoms with Gasteiger partial charge in [0.15, 0.2) is 5.78 Å². The summed E-state index contributed by atoms with van der Waals surface area (Å²) >= 11 is 0. The molecule has 1 N–H and O–H groups in total. The molecule has 0 spiro atoms. The molecule has 0 fully saturated rings. The summed E-state index contributed by atoms with van der Waals surface area (Å²) in [4.78, 5) is 21.7. The highest BCUT2D eigenvalue weighted by molar-refractivity contribution is 6.06. The number of alkyl halides is 3. The van der Waals surface area contributed by atoms with Crippen LogP contribution in [-0.4, -0.2) is 16.9 Å². The number of hydrogen-bond donors (Lipinski definition) is 1. The molecule has 0 atom stereocenters. The molecule has 0 aliphatic heterocycles. The van der Waals surface area contributed by atoms with Crippen molar-refractivity contribution in [3.8, 4) is 0 Å². The number of benzene rings is 1. The fourth-order valence-corrected chi connectivity index (χ4v) is 1.48. The maximum atomic E-state index is 12.5. The molecule has 6 heteroatoms. The van der Waals surface area contributed by atoms with Crippen molar-refractivity contribution in [3.05, 3.63) is 34.9 Å². The molecule has 17 heavy (non-hydrogen) atoms. The summed E-state index contributed by atoms with van der Waals surface area (Å²) in [6.07, 6.45) is -5.37. The number of carbonyl (C=O) groups excluding carboxylic acids is 1.